The fourth-order valence-electron chi connectivity index (χ4n) is 3.42. The number of imidazole rings is 1. The lowest BCUT2D eigenvalue weighted by molar-refractivity contribution is -0.0540. The van der Waals surface area contributed by atoms with Crippen LogP contribution in [0.5, 0.6) is 0 Å². The van der Waals surface area contributed by atoms with E-state index in [0.29, 0.717) is 6.61 Å². The number of aromatic nitrogens is 2. The first-order valence-corrected chi connectivity index (χ1v) is 6.73. The van der Waals surface area contributed by atoms with Gasteiger partial charge in [-0.05, 0) is 12.0 Å². The van der Waals surface area contributed by atoms with E-state index in [2.05, 4.69) is 33.8 Å². The number of nitrogens with zero attached hydrogens (tertiary/aromatic N) is 2. The van der Waals surface area contributed by atoms with Gasteiger partial charge in [0.05, 0.1) is 37.0 Å². The summed E-state index contributed by atoms with van der Waals surface area (Å²) in [6, 6.07) is 8.60. The summed E-state index contributed by atoms with van der Waals surface area (Å²) >= 11 is 0. The number of aliphatic hydroxyl groups is 1. The van der Waals surface area contributed by atoms with Crippen LogP contribution in [0.15, 0.2) is 36.8 Å². The zero-order valence-electron chi connectivity index (χ0n) is 10.6. The highest BCUT2D eigenvalue weighted by Crippen LogP contribution is 2.45. The third-order valence-electron chi connectivity index (χ3n) is 4.31. The number of ether oxygens (including phenoxy) is 1. The second-order valence-corrected chi connectivity index (χ2v) is 5.31. The van der Waals surface area contributed by atoms with Gasteiger partial charge in [-0.15, -0.1) is 0 Å². The van der Waals surface area contributed by atoms with E-state index in [9.17, 15) is 5.11 Å². The van der Waals surface area contributed by atoms with Crippen molar-refractivity contribution in [1.29, 1.82) is 0 Å². The van der Waals surface area contributed by atoms with Gasteiger partial charge in [-0.25, -0.2) is 4.98 Å². The molecule has 2 unspecified atom stereocenters. The lowest BCUT2D eigenvalue weighted by Crippen LogP contribution is -2.37. The van der Waals surface area contributed by atoms with E-state index < -0.39 is 6.10 Å². The van der Waals surface area contributed by atoms with Crippen molar-refractivity contribution in [3.8, 4) is 11.3 Å². The van der Waals surface area contributed by atoms with E-state index in [1.807, 2.05) is 12.5 Å². The molecule has 0 amide bonds. The molecule has 0 aliphatic carbocycles. The molecule has 2 aromatic rings. The van der Waals surface area contributed by atoms with Crippen molar-refractivity contribution in [2.45, 2.75) is 18.6 Å². The van der Waals surface area contributed by atoms with Crippen molar-refractivity contribution in [2.24, 2.45) is 5.92 Å². The molecule has 0 bridgehead atoms. The van der Waals surface area contributed by atoms with Crippen LogP contribution in [-0.4, -0.2) is 34.0 Å². The smallest absolute Gasteiger partial charge is 0.0956 e. The Labute approximate surface area is 111 Å². The van der Waals surface area contributed by atoms with E-state index in [1.165, 1.54) is 11.1 Å². The van der Waals surface area contributed by atoms with Gasteiger partial charge >= 0.3 is 0 Å². The van der Waals surface area contributed by atoms with Gasteiger partial charge < -0.3 is 14.4 Å². The molecule has 1 fully saturated rings. The van der Waals surface area contributed by atoms with E-state index in [0.717, 1.165) is 18.7 Å². The standard InChI is InChI=1S/C15H16N2O2/c18-14-8-19-6-5-12(14)15-11-4-2-1-3-10(11)13-7-16-9-17(13)15/h1-4,7,9,12,14-15,18H,5-6,8H2/t12?,14?,15-/m0/s1. The van der Waals surface area contributed by atoms with E-state index in [4.69, 9.17) is 4.74 Å². The van der Waals surface area contributed by atoms with Gasteiger partial charge in [-0.2, -0.15) is 0 Å². The minimum absolute atomic E-state index is 0.188. The normalized spacial score (nSPS) is 29.0. The van der Waals surface area contributed by atoms with Crippen molar-refractivity contribution in [1.82, 2.24) is 9.55 Å². The lowest BCUT2D eigenvalue weighted by atomic mass is 9.85. The Bertz CT molecular complexity index is 608. The van der Waals surface area contributed by atoms with Crippen LogP contribution in [0.1, 0.15) is 18.0 Å². The minimum Gasteiger partial charge on any atom is -0.390 e. The monoisotopic (exact) mass is 256 g/mol. The number of rotatable bonds is 1. The molecular weight excluding hydrogens is 240 g/mol. The van der Waals surface area contributed by atoms with Crippen LogP contribution in [0.3, 0.4) is 0 Å². The number of aliphatic hydroxyl groups excluding tert-OH is 1. The Hall–Kier alpha value is -1.65. The Balaban J connectivity index is 1.84. The molecule has 3 atom stereocenters. The van der Waals surface area contributed by atoms with E-state index >= 15 is 0 Å². The molecule has 2 aliphatic rings. The summed E-state index contributed by atoms with van der Waals surface area (Å²) in [5, 5.41) is 10.3. The maximum Gasteiger partial charge on any atom is 0.0956 e. The molecule has 0 saturated carbocycles. The highest BCUT2D eigenvalue weighted by molar-refractivity contribution is 5.69. The molecule has 19 heavy (non-hydrogen) atoms. The van der Waals surface area contributed by atoms with Crippen molar-refractivity contribution in [3.05, 3.63) is 42.4 Å². The molecule has 1 N–H and O–H groups in total. The zero-order chi connectivity index (χ0) is 12.8. The quantitative estimate of drug-likeness (QED) is 0.847. The average molecular weight is 256 g/mol. The molecule has 4 nitrogen and oxygen atoms in total. The van der Waals surface area contributed by atoms with Crippen LogP contribution < -0.4 is 0 Å². The zero-order valence-corrected chi connectivity index (χ0v) is 10.6. The van der Waals surface area contributed by atoms with Crippen LogP contribution in [0.2, 0.25) is 0 Å². The fourth-order valence-corrected chi connectivity index (χ4v) is 3.42. The van der Waals surface area contributed by atoms with Crippen LogP contribution in [0, 0.1) is 5.92 Å². The lowest BCUT2D eigenvalue weighted by Gasteiger charge is -2.33. The summed E-state index contributed by atoms with van der Waals surface area (Å²) in [6.45, 7) is 1.16. The van der Waals surface area contributed by atoms with Crippen LogP contribution in [0.25, 0.3) is 11.3 Å². The summed E-state index contributed by atoms with van der Waals surface area (Å²) in [4.78, 5) is 4.26. The molecule has 1 aromatic carbocycles. The minimum atomic E-state index is -0.403. The maximum absolute atomic E-state index is 10.3. The molecule has 4 heteroatoms. The Morgan fingerprint density at radius 3 is 3.11 bits per heavy atom. The molecule has 0 spiro atoms. The highest BCUT2D eigenvalue weighted by Gasteiger charge is 2.38. The fraction of sp³-hybridized carbons (Fsp3) is 0.400. The third-order valence-corrected chi connectivity index (χ3v) is 4.31. The first-order chi connectivity index (χ1) is 9.36. The summed E-state index contributed by atoms with van der Waals surface area (Å²) in [5.41, 5.74) is 3.69. The number of hydrogen-bond acceptors (Lipinski definition) is 3. The second kappa shape index (κ2) is 4.18. The Kier molecular flexibility index (Phi) is 2.47. The highest BCUT2D eigenvalue weighted by atomic mass is 16.5. The number of benzene rings is 1. The van der Waals surface area contributed by atoms with Crippen LogP contribution in [0.4, 0.5) is 0 Å². The SMILES string of the molecule is OC1COCCC1[C@@H]1c2ccccc2-c2cncn21. The van der Waals surface area contributed by atoms with E-state index in [1.54, 1.807) is 0 Å². The van der Waals surface area contributed by atoms with Gasteiger partial charge in [0.1, 0.15) is 0 Å². The second-order valence-electron chi connectivity index (χ2n) is 5.31. The topological polar surface area (TPSA) is 47.3 Å². The van der Waals surface area contributed by atoms with Crippen molar-refractivity contribution < 1.29 is 9.84 Å². The van der Waals surface area contributed by atoms with Gasteiger partial charge in [0.15, 0.2) is 0 Å². The summed E-state index contributed by atoms with van der Waals surface area (Å²) in [5.74, 6) is 0.199. The van der Waals surface area contributed by atoms with Crippen molar-refractivity contribution in [3.63, 3.8) is 0 Å². The summed E-state index contributed by atoms with van der Waals surface area (Å²) < 4.78 is 7.55. The average Bonchev–Trinajstić information content (AvgIpc) is 3.00. The summed E-state index contributed by atoms with van der Waals surface area (Å²) in [7, 11) is 0. The van der Waals surface area contributed by atoms with Crippen LogP contribution >= 0.6 is 0 Å². The Morgan fingerprint density at radius 1 is 1.32 bits per heavy atom. The van der Waals surface area contributed by atoms with Crippen molar-refractivity contribution >= 4 is 0 Å². The van der Waals surface area contributed by atoms with Gasteiger partial charge in [-0.1, -0.05) is 24.3 Å². The molecule has 1 saturated heterocycles. The summed E-state index contributed by atoms with van der Waals surface area (Å²) in [6.07, 6.45) is 4.27. The molecule has 2 aliphatic heterocycles. The predicted molar refractivity (Wildman–Crippen MR) is 70.7 cm³/mol. The van der Waals surface area contributed by atoms with E-state index in [-0.39, 0.29) is 12.0 Å². The largest absolute Gasteiger partial charge is 0.390 e. The predicted octanol–water partition coefficient (Wildman–Crippen LogP) is 1.85. The molecule has 1 aromatic heterocycles. The molecule has 0 radical (unpaired) electrons. The third kappa shape index (κ3) is 1.57. The first kappa shape index (κ1) is 11.2. The van der Waals surface area contributed by atoms with Gasteiger partial charge in [0, 0.05) is 18.1 Å². The molecule has 3 heterocycles. The van der Waals surface area contributed by atoms with Crippen LogP contribution in [-0.2, 0) is 4.74 Å². The Morgan fingerprint density at radius 2 is 2.21 bits per heavy atom. The van der Waals surface area contributed by atoms with Gasteiger partial charge in [-0.3, -0.25) is 0 Å². The molecule has 4 rings (SSSR count). The van der Waals surface area contributed by atoms with Gasteiger partial charge in [0.25, 0.3) is 0 Å². The molecular formula is C15H16N2O2. The molecule has 98 valence electrons. The first-order valence-electron chi connectivity index (χ1n) is 6.73. The maximum atomic E-state index is 10.3. The number of hydrogen-bond donors (Lipinski definition) is 1. The van der Waals surface area contributed by atoms with Gasteiger partial charge in [0.2, 0.25) is 0 Å². The number of fused-ring (bicyclic) bond motifs is 3. The van der Waals surface area contributed by atoms with Crippen molar-refractivity contribution in [2.75, 3.05) is 13.2 Å².